The molecule has 1 aliphatic heterocycles. The zero-order valence-corrected chi connectivity index (χ0v) is 16.4. The molecule has 1 N–H and O–H groups in total. The first kappa shape index (κ1) is 20.5. The van der Waals surface area contributed by atoms with E-state index < -0.39 is 18.2 Å². The number of benzene rings is 2. The van der Waals surface area contributed by atoms with Crippen LogP contribution in [-0.2, 0) is 4.79 Å². The Morgan fingerprint density at radius 3 is 2.38 bits per heavy atom. The monoisotopic (exact) mass is 396 g/mol. The number of hydrogen-bond acceptors (Lipinski definition) is 5. The van der Waals surface area contributed by atoms with E-state index in [-0.39, 0.29) is 24.8 Å². The fourth-order valence-corrected chi connectivity index (χ4v) is 3.21. The number of para-hydroxylation sites is 1. The molecule has 0 spiro atoms. The number of carbonyl (C=O) groups excluding carboxylic acids is 3. The summed E-state index contributed by atoms with van der Waals surface area (Å²) in [6.45, 7) is 3.22. The number of β-amino-alcohol motifs (C(OH)–C–C–N with tert-alkyl or cyclic N) is 1. The van der Waals surface area contributed by atoms with Gasteiger partial charge in [0, 0.05) is 17.7 Å². The summed E-state index contributed by atoms with van der Waals surface area (Å²) in [4.78, 5) is 39.3. The summed E-state index contributed by atoms with van der Waals surface area (Å²) in [5, 5.41) is 10.3. The van der Waals surface area contributed by atoms with E-state index in [1.807, 2.05) is 6.07 Å². The number of carbonyl (C=O) groups is 3. The molecule has 3 rings (SSSR count). The number of anilines is 1. The molecule has 1 fully saturated rings. The highest BCUT2D eigenvalue weighted by atomic mass is 16.5. The van der Waals surface area contributed by atoms with Crippen LogP contribution in [0.4, 0.5) is 10.5 Å². The van der Waals surface area contributed by atoms with Crippen LogP contribution in [-0.4, -0.2) is 53.0 Å². The molecule has 2 atom stereocenters. The number of rotatable bonds is 8. The minimum Gasteiger partial charge on any atom is -0.491 e. The molecular formula is C22H24N2O5. The summed E-state index contributed by atoms with van der Waals surface area (Å²) in [5.41, 5.74) is 1.23. The lowest BCUT2D eigenvalue weighted by molar-refractivity contribution is -0.128. The van der Waals surface area contributed by atoms with E-state index in [0.717, 1.165) is 4.90 Å². The van der Waals surface area contributed by atoms with Gasteiger partial charge in [-0.05, 0) is 43.3 Å². The number of ketones is 1. The lowest BCUT2D eigenvalue weighted by atomic mass is 10.1. The number of ether oxygens (including phenoxy) is 1. The van der Waals surface area contributed by atoms with Gasteiger partial charge in [-0.3, -0.25) is 19.4 Å². The third-order valence-electron chi connectivity index (χ3n) is 4.82. The van der Waals surface area contributed by atoms with Gasteiger partial charge in [0.1, 0.15) is 24.5 Å². The summed E-state index contributed by atoms with van der Waals surface area (Å²) in [5.74, 6) is 0.176. The van der Waals surface area contributed by atoms with Crippen molar-refractivity contribution in [2.45, 2.75) is 32.4 Å². The van der Waals surface area contributed by atoms with Gasteiger partial charge in [-0.1, -0.05) is 25.1 Å². The summed E-state index contributed by atoms with van der Waals surface area (Å²) in [6.07, 6.45) is -0.613. The lowest BCUT2D eigenvalue weighted by Gasteiger charge is -2.20. The second-order valence-electron chi connectivity index (χ2n) is 6.88. The van der Waals surface area contributed by atoms with Crippen molar-refractivity contribution in [1.29, 1.82) is 0 Å². The Kier molecular flexibility index (Phi) is 6.29. The van der Waals surface area contributed by atoms with Crippen molar-refractivity contribution in [3.8, 4) is 5.75 Å². The van der Waals surface area contributed by atoms with E-state index >= 15 is 0 Å². The Bertz CT molecular complexity index is 882. The lowest BCUT2D eigenvalue weighted by Crippen LogP contribution is -2.40. The SMILES string of the molecule is CCC(=O)c1ccc(OCC(O)CN2C(=O)C(C)N(c3ccccc3)C2=O)cc1. The number of amides is 3. The van der Waals surface area contributed by atoms with Crippen LogP contribution in [0.5, 0.6) is 5.75 Å². The first-order valence-corrected chi connectivity index (χ1v) is 9.56. The first-order chi connectivity index (χ1) is 13.9. The predicted octanol–water partition coefficient (Wildman–Crippen LogP) is 2.88. The second-order valence-corrected chi connectivity index (χ2v) is 6.88. The van der Waals surface area contributed by atoms with Crippen LogP contribution in [0.2, 0.25) is 0 Å². The summed E-state index contributed by atoms with van der Waals surface area (Å²) >= 11 is 0. The molecule has 0 radical (unpaired) electrons. The fraction of sp³-hybridized carbons (Fsp3) is 0.318. The van der Waals surface area contributed by atoms with Crippen molar-refractivity contribution in [1.82, 2.24) is 4.90 Å². The van der Waals surface area contributed by atoms with E-state index in [0.29, 0.717) is 23.4 Å². The van der Waals surface area contributed by atoms with Crippen molar-refractivity contribution in [2.75, 3.05) is 18.1 Å². The van der Waals surface area contributed by atoms with Crippen LogP contribution in [0.3, 0.4) is 0 Å². The number of imide groups is 1. The van der Waals surface area contributed by atoms with Crippen LogP contribution < -0.4 is 9.64 Å². The van der Waals surface area contributed by atoms with Crippen LogP contribution in [0.1, 0.15) is 30.6 Å². The van der Waals surface area contributed by atoms with Crippen LogP contribution >= 0.6 is 0 Å². The van der Waals surface area contributed by atoms with Gasteiger partial charge in [0.05, 0.1) is 6.54 Å². The predicted molar refractivity (Wildman–Crippen MR) is 108 cm³/mol. The van der Waals surface area contributed by atoms with Crippen molar-refractivity contribution >= 4 is 23.4 Å². The Hall–Kier alpha value is -3.19. The smallest absolute Gasteiger partial charge is 0.332 e. The maximum Gasteiger partial charge on any atom is 0.332 e. The van der Waals surface area contributed by atoms with Gasteiger partial charge in [-0.25, -0.2) is 4.79 Å². The number of Topliss-reactive ketones (excluding diaryl/α,β-unsaturated/α-hetero) is 1. The molecule has 3 amide bonds. The third-order valence-corrected chi connectivity index (χ3v) is 4.82. The van der Waals surface area contributed by atoms with Crippen molar-refractivity contribution in [3.63, 3.8) is 0 Å². The molecule has 2 aromatic carbocycles. The molecule has 2 aromatic rings. The molecule has 0 aromatic heterocycles. The first-order valence-electron chi connectivity index (χ1n) is 9.56. The molecule has 0 aliphatic carbocycles. The van der Waals surface area contributed by atoms with Crippen LogP contribution in [0.25, 0.3) is 0 Å². The van der Waals surface area contributed by atoms with E-state index in [1.54, 1.807) is 62.4 Å². The average Bonchev–Trinajstić information content (AvgIpc) is 2.95. The van der Waals surface area contributed by atoms with Crippen LogP contribution in [0.15, 0.2) is 54.6 Å². The highest BCUT2D eigenvalue weighted by molar-refractivity contribution is 6.14. The normalized spacial score (nSPS) is 17.6. The fourth-order valence-electron chi connectivity index (χ4n) is 3.21. The van der Waals surface area contributed by atoms with Gasteiger partial charge in [0.15, 0.2) is 5.78 Å². The summed E-state index contributed by atoms with van der Waals surface area (Å²) < 4.78 is 5.53. The van der Waals surface area contributed by atoms with Gasteiger partial charge in [-0.15, -0.1) is 0 Å². The van der Waals surface area contributed by atoms with Crippen molar-refractivity contribution < 1.29 is 24.2 Å². The van der Waals surface area contributed by atoms with Gasteiger partial charge in [-0.2, -0.15) is 0 Å². The topological polar surface area (TPSA) is 87.2 Å². The molecule has 1 saturated heterocycles. The highest BCUT2D eigenvalue weighted by Crippen LogP contribution is 2.25. The largest absolute Gasteiger partial charge is 0.491 e. The quantitative estimate of drug-likeness (QED) is 0.548. The molecule has 7 nitrogen and oxygen atoms in total. The Balaban J connectivity index is 1.59. The number of nitrogens with zero attached hydrogens (tertiary/aromatic N) is 2. The van der Waals surface area contributed by atoms with E-state index in [2.05, 4.69) is 0 Å². The Morgan fingerprint density at radius 2 is 1.76 bits per heavy atom. The molecule has 2 unspecified atom stereocenters. The number of urea groups is 1. The minimum atomic E-state index is -1.04. The summed E-state index contributed by atoms with van der Waals surface area (Å²) in [7, 11) is 0. The molecule has 1 heterocycles. The molecule has 0 saturated carbocycles. The maximum absolute atomic E-state index is 12.7. The molecule has 1 aliphatic rings. The van der Waals surface area contributed by atoms with Gasteiger partial charge < -0.3 is 9.84 Å². The van der Waals surface area contributed by atoms with E-state index in [1.165, 1.54) is 4.90 Å². The molecular weight excluding hydrogens is 372 g/mol. The number of aliphatic hydroxyl groups excluding tert-OH is 1. The van der Waals surface area contributed by atoms with Crippen molar-refractivity contribution in [3.05, 3.63) is 60.2 Å². The Labute approximate surface area is 169 Å². The molecule has 152 valence electrons. The zero-order valence-electron chi connectivity index (χ0n) is 16.4. The number of hydrogen-bond donors (Lipinski definition) is 1. The average molecular weight is 396 g/mol. The molecule has 29 heavy (non-hydrogen) atoms. The van der Waals surface area contributed by atoms with E-state index in [9.17, 15) is 19.5 Å². The Morgan fingerprint density at radius 1 is 1.10 bits per heavy atom. The van der Waals surface area contributed by atoms with Gasteiger partial charge >= 0.3 is 6.03 Å². The maximum atomic E-state index is 12.7. The third kappa shape index (κ3) is 4.46. The second kappa shape index (κ2) is 8.87. The van der Waals surface area contributed by atoms with E-state index in [4.69, 9.17) is 4.74 Å². The number of aliphatic hydroxyl groups is 1. The van der Waals surface area contributed by atoms with Gasteiger partial charge in [0.2, 0.25) is 0 Å². The van der Waals surface area contributed by atoms with Crippen molar-refractivity contribution in [2.24, 2.45) is 0 Å². The zero-order chi connectivity index (χ0) is 21.0. The van der Waals surface area contributed by atoms with Gasteiger partial charge in [0.25, 0.3) is 5.91 Å². The van der Waals surface area contributed by atoms with Crippen LogP contribution in [0, 0.1) is 0 Å². The molecule has 0 bridgehead atoms. The standard InChI is InChI=1S/C22H24N2O5/c1-3-20(26)16-9-11-19(12-10-16)29-14-18(25)13-23-21(27)15(2)24(22(23)28)17-7-5-4-6-8-17/h4-12,15,18,25H,3,13-14H2,1-2H3. The summed E-state index contributed by atoms with van der Waals surface area (Å²) in [6, 6.07) is 14.5. The highest BCUT2D eigenvalue weighted by Gasteiger charge is 2.43. The molecule has 7 heteroatoms. The minimum absolute atomic E-state index is 0.0414.